The Hall–Kier alpha value is -1.95. The SMILES string of the molecule is CCCCCC=CCC=CCCCCCCCCCC(=O)Nc1nc(CC(=O)O)cs1. The molecule has 0 spiro atoms. The second-order valence-electron chi connectivity index (χ2n) is 7.95. The van der Waals surface area contributed by atoms with E-state index in [0.717, 1.165) is 19.3 Å². The molecule has 0 aliphatic carbocycles. The van der Waals surface area contributed by atoms with Crippen molar-refractivity contribution in [2.24, 2.45) is 0 Å². The lowest BCUT2D eigenvalue weighted by Gasteiger charge is -2.03. The van der Waals surface area contributed by atoms with E-state index in [0.29, 0.717) is 17.2 Å². The average molecular weight is 449 g/mol. The van der Waals surface area contributed by atoms with Gasteiger partial charge in [0.05, 0.1) is 12.1 Å². The molecular weight excluding hydrogens is 408 g/mol. The second-order valence-corrected chi connectivity index (χ2v) is 8.81. The summed E-state index contributed by atoms with van der Waals surface area (Å²) < 4.78 is 0. The van der Waals surface area contributed by atoms with Crippen LogP contribution in [0.5, 0.6) is 0 Å². The molecule has 6 heteroatoms. The van der Waals surface area contributed by atoms with Crippen LogP contribution < -0.4 is 5.32 Å². The summed E-state index contributed by atoms with van der Waals surface area (Å²) in [5, 5.41) is 13.7. The quantitative estimate of drug-likeness (QED) is 0.172. The Balaban J connectivity index is 1.89. The first-order chi connectivity index (χ1) is 15.1. The van der Waals surface area contributed by atoms with Gasteiger partial charge in [0.25, 0.3) is 0 Å². The molecule has 0 bridgehead atoms. The van der Waals surface area contributed by atoms with Crippen LogP contribution in [0, 0.1) is 0 Å². The highest BCUT2D eigenvalue weighted by Gasteiger charge is 2.08. The van der Waals surface area contributed by atoms with E-state index in [1.54, 1.807) is 5.38 Å². The van der Waals surface area contributed by atoms with Crippen LogP contribution in [0.1, 0.15) is 103 Å². The highest BCUT2D eigenvalue weighted by molar-refractivity contribution is 7.13. The van der Waals surface area contributed by atoms with E-state index in [4.69, 9.17) is 5.11 Å². The molecule has 1 amide bonds. The minimum absolute atomic E-state index is 0.0428. The number of carbonyl (C=O) groups is 2. The predicted molar refractivity (Wildman–Crippen MR) is 131 cm³/mol. The number of nitrogens with zero attached hydrogens (tertiary/aromatic N) is 1. The minimum atomic E-state index is -0.916. The number of aromatic nitrogens is 1. The number of allylic oxidation sites excluding steroid dienone is 4. The molecule has 0 unspecified atom stereocenters. The first kappa shape index (κ1) is 27.1. The molecule has 0 radical (unpaired) electrons. The maximum Gasteiger partial charge on any atom is 0.309 e. The third kappa shape index (κ3) is 16.4. The van der Waals surface area contributed by atoms with Gasteiger partial charge in [0, 0.05) is 11.8 Å². The first-order valence-electron chi connectivity index (χ1n) is 11.9. The van der Waals surface area contributed by atoms with Crippen molar-refractivity contribution in [3.63, 3.8) is 0 Å². The summed E-state index contributed by atoms with van der Waals surface area (Å²) in [5.41, 5.74) is 0.484. The number of carbonyl (C=O) groups excluding carboxylic acids is 1. The number of carboxylic acids is 1. The molecule has 0 saturated heterocycles. The Labute approximate surface area is 192 Å². The second kappa shape index (κ2) is 18.8. The van der Waals surface area contributed by atoms with Crippen LogP contribution in [-0.4, -0.2) is 22.0 Å². The van der Waals surface area contributed by atoms with Crippen LogP contribution >= 0.6 is 11.3 Å². The number of hydrogen-bond acceptors (Lipinski definition) is 4. The fraction of sp³-hybridized carbons (Fsp3) is 0.640. The van der Waals surface area contributed by atoms with Crippen LogP contribution in [-0.2, 0) is 16.0 Å². The van der Waals surface area contributed by atoms with E-state index < -0.39 is 5.97 Å². The van der Waals surface area contributed by atoms with E-state index in [9.17, 15) is 9.59 Å². The van der Waals surface area contributed by atoms with Crippen molar-refractivity contribution in [3.05, 3.63) is 35.4 Å². The van der Waals surface area contributed by atoms with Gasteiger partial charge in [0.1, 0.15) is 0 Å². The number of thiazole rings is 1. The molecule has 0 aliphatic heterocycles. The van der Waals surface area contributed by atoms with Crippen molar-refractivity contribution >= 4 is 28.3 Å². The molecule has 0 saturated carbocycles. The molecule has 31 heavy (non-hydrogen) atoms. The van der Waals surface area contributed by atoms with Gasteiger partial charge in [-0.05, 0) is 38.5 Å². The fourth-order valence-corrected chi connectivity index (χ4v) is 3.96. The molecule has 1 rings (SSSR count). The monoisotopic (exact) mass is 448 g/mol. The fourth-order valence-electron chi connectivity index (χ4n) is 3.23. The van der Waals surface area contributed by atoms with E-state index >= 15 is 0 Å². The van der Waals surface area contributed by atoms with Crippen molar-refractivity contribution in [3.8, 4) is 0 Å². The molecular formula is C25H40N2O3S. The van der Waals surface area contributed by atoms with Crippen LogP contribution in [0.2, 0.25) is 0 Å². The van der Waals surface area contributed by atoms with E-state index in [2.05, 4.69) is 41.5 Å². The standard InChI is InChI=1S/C25H40N2O3S/c1-2-3-4-5-6-7-8-9-10-11-12-13-14-15-16-17-18-19-23(28)27-25-26-22(21-31-25)20-24(29)30/h6-7,9-10,21H,2-5,8,11-20H2,1H3,(H,29,30)(H,26,27,28). The Kier molecular flexibility index (Phi) is 16.4. The summed E-state index contributed by atoms with van der Waals surface area (Å²) in [6.07, 6.45) is 25.1. The smallest absolute Gasteiger partial charge is 0.309 e. The summed E-state index contributed by atoms with van der Waals surface area (Å²) in [6.45, 7) is 2.24. The summed E-state index contributed by atoms with van der Waals surface area (Å²) in [5.74, 6) is -0.959. The lowest BCUT2D eigenvalue weighted by molar-refractivity contribution is -0.136. The van der Waals surface area contributed by atoms with E-state index in [1.807, 2.05) is 0 Å². The molecule has 0 fully saturated rings. The lowest BCUT2D eigenvalue weighted by Crippen LogP contribution is -2.11. The van der Waals surface area contributed by atoms with Gasteiger partial charge >= 0.3 is 5.97 Å². The van der Waals surface area contributed by atoms with Crippen LogP contribution in [0.3, 0.4) is 0 Å². The van der Waals surface area contributed by atoms with Crippen molar-refractivity contribution < 1.29 is 14.7 Å². The molecule has 0 atom stereocenters. The number of unbranched alkanes of at least 4 members (excludes halogenated alkanes) is 10. The number of aliphatic carboxylic acids is 1. The van der Waals surface area contributed by atoms with E-state index in [1.165, 1.54) is 75.5 Å². The van der Waals surface area contributed by atoms with E-state index in [-0.39, 0.29) is 12.3 Å². The number of hydrogen-bond donors (Lipinski definition) is 2. The van der Waals surface area contributed by atoms with Gasteiger partial charge in [-0.25, -0.2) is 4.98 Å². The molecule has 2 N–H and O–H groups in total. The maximum atomic E-state index is 11.9. The minimum Gasteiger partial charge on any atom is -0.481 e. The molecule has 174 valence electrons. The molecule has 0 aliphatic rings. The maximum absolute atomic E-state index is 11.9. The largest absolute Gasteiger partial charge is 0.481 e. The number of anilines is 1. The average Bonchev–Trinajstić information content (AvgIpc) is 3.16. The zero-order valence-corrected chi connectivity index (χ0v) is 19.9. The summed E-state index contributed by atoms with van der Waals surface area (Å²) in [7, 11) is 0. The Morgan fingerprint density at radius 2 is 1.55 bits per heavy atom. The molecule has 0 aromatic carbocycles. The van der Waals surface area contributed by atoms with Crippen molar-refractivity contribution in [2.45, 2.75) is 103 Å². The van der Waals surface area contributed by atoms with Gasteiger partial charge in [-0.15, -0.1) is 11.3 Å². The normalized spacial score (nSPS) is 11.5. The molecule has 1 aromatic rings. The van der Waals surface area contributed by atoms with Crippen molar-refractivity contribution in [1.29, 1.82) is 0 Å². The highest BCUT2D eigenvalue weighted by Crippen LogP contribution is 2.17. The van der Waals surface area contributed by atoms with Gasteiger partial charge in [-0.1, -0.05) is 76.2 Å². The molecule has 1 heterocycles. The predicted octanol–water partition coefficient (Wildman–Crippen LogP) is 7.30. The van der Waals surface area contributed by atoms with Crippen molar-refractivity contribution in [2.75, 3.05) is 5.32 Å². The lowest BCUT2D eigenvalue weighted by atomic mass is 10.1. The molecule has 1 aromatic heterocycles. The van der Waals surface area contributed by atoms with Gasteiger partial charge < -0.3 is 10.4 Å². The number of carboxylic acid groups (broad SMARTS) is 1. The van der Waals surface area contributed by atoms with Crippen molar-refractivity contribution in [1.82, 2.24) is 4.98 Å². The third-order valence-corrected chi connectivity index (χ3v) is 5.79. The van der Waals surface area contributed by atoms with Crippen LogP contribution in [0.4, 0.5) is 5.13 Å². The number of amides is 1. The number of nitrogens with one attached hydrogen (secondary N) is 1. The zero-order chi connectivity index (χ0) is 22.6. The summed E-state index contributed by atoms with van der Waals surface area (Å²) in [4.78, 5) is 26.7. The Morgan fingerprint density at radius 3 is 2.19 bits per heavy atom. The van der Waals surface area contributed by atoms with Crippen LogP contribution in [0.25, 0.3) is 0 Å². The van der Waals surface area contributed by atoms with Gasteiger partial charge in [-0.2, -0.15) is 0 Å². The van der Waals surface area contributed by atoms with Gasteiger partial charge in [0.15, 0.2) is 5.13 Å². The Bertz CT molecular complexity index is 667. The highest BCUT2D eigenvalue weighted by atomic mass is 32.1. The van der Waals surface area contributed by atoms with Gasteiger partial charge in [-0.3, -0.25) is 9.59 Å². The number of rotatable bonds is 19. The zero-order valence-electron chi connectivity index (χ0n) is 19.1. The first-order valence-corrected chi connectivity index (χ1v) is 12.8. The summed E-state index contributed by atoms with van der Waals surface area (Å²) >= 11 is 1.27. The Morgan fingerprint density at radius 1 is 0.935 bits per heavy atom. The van der Waals surface area contributed by atoms with Crippen LogP contribution in [0.15, 0.2) is 29.7 Å². The summed E-state index contributed by atoms with van der Waals surface area (Å²) in [6, 6.07) is 0. The third-order valence-electron chi connectivity index (χ3n) is 4.98. The van der Waals surface area contributed by atoms with Gasteiger partial charge in [0.2, 0.25) is 5.91 Å². The topological polar surface area (TPSA) is 79.3 Å². The molecule has 5 nitrogen and oxygen atoms in total.